The van der Waals surface area contributed by atoms with E-state index in [4.69, 9.17) is 28.9 Å². The van der Waals surface area contributed by atoms with Crippen LogP contribution in [0.3, 0.4) is 0 Å². The number of likely N-dealkylation sites (tertiary alicyclic amines) is 1. The molecule has 192 valence electrons. The zero-order chi connectivity index (χ0) is 25.1. The first-order valence-corrected chi connectivity index (χ1v) is 17.5. The van der Waals surface area contributed by atoms with E-state index in [1.807, 2.05) is 49.5 Å². The fourth-order valence-corrected chi connectivity index (χ4v) is 5.57. The summed E-state index contributed by atoms with van der Waals surface area (Å²) in [6.07, 6.45) is 4.95. The van der Waals surface area contributed by atoms with Crippen molar-refractivity contribution < 1.29 is 23.0 Å². The minimum atomic E-state index is -1.77. The predicted octanol–water partition coefficient (Wildman–Crippen LogP) is 8.08. The van der Waals surface area contributed by atoms with E-state index >= 15 is 0 Å². The van der Waals surface area contributed by atoms with Crippen LogP contribution in [0.2, 0.25) is 0 Å². The van der Waals surface area contributed by atoms with Gasteiger partial charge >= 0.3 is 97.8 Å². The van der Waals surface area contributed by atoms with Crippen LogP contribution in [-0.2, 0) is 25.4 Å². The molecule has 0 unspecified atom stereocenters. The Hall–Kier alpha value is -0.927. The van der Waals surface area contributed by atoms with Crippen molar-refractivity contribution in [3.05, 3.63) is 65.9 Å². The van der Waals surface area contributed by atoms with Crippen molar-refractivity contribution in [2.45, 2.75) is 78.7 Å². The number of hydrogen-bond donors (Lipinski definition) is 0. The fourth-order valence-electron chi connectivity index (χ4n) is 3.76. The Morgan fingerprint density at radius 3 is 2.32 bits per heavy atom. The second kappa shape index (κ2) is 14.6. The molecule has 0 spiro atoms. The van der Waals surface area contributed by atoms with Crippen molar-refractivity contribution in [1.82, 2.24) is 4.90 Å². The van der Waals surface area contributed by atoms with Gasteiger partial charge in [-0.1, -0.05) is 59.0 Å². The maximum atomic E-state index is 6.13. The molecule has 1 heterocycles. The summed E-state index contributed by atoms with van der Waals surface area (Å²) in [7, 11) is 11.6. The van der Waals surface area contributed by atoms with Gasteiger partial charge in [-0.3, -0.25) is 0 Å². The van der Waals surface area contributed by atoms with Crippen LogP contribution in [-0.4, -0.2) is 28.7 Å². The standard InChI is InChI=1S/C18H28NO.C10H12O.2ClH.Ru/c1-5-9-15-10-8-11-16(18(2,3)4)17(15)20-14-19-12-6-7-13-19;1-8(2)11-10-7-5-4-6-9(10)3;;;/h8,10-11,14H,5-7,9,12-13H2,1-4H3;3-8H,1-2H3;2*1H;/q-1;;;;+2/p-2. The van der Waals surface area contributed by atoms with Gasteiger partial charge < -0.3 is 9.64 Å². The molecule has 2 aromatic rings. The van der Waals surface area contributed by atoms with Crippen LogP contribution in [0.25, 0.3) is 0 Å². The van der Waals surface area contributed by atoms with Crippen molar-refractivity contribution in [1.29, 1.82) is 0 Å². The maximum Gasteiger partial charge on any atom is 0.0928 e. The van der Waals surface area contributed by atoms with E-state index in [-0.39, 0.29) is 11.5 Å². The molecule has 0 atom stereocenters. The molecule has 0 bridgehead atoms. The van der Waals surface area contributed by atoms with Crippen LogP contribution >= 0.6 is 19.4 Å². The Bertz CT molecular complexity index is 915. The van der Waals surface area contributed by atoms with Crippen LogP contribution in [0.4, 0.5) is 0 Å². The van der Waals surface area contributed by atoms with Gasteiger partial charge in [-0.2, -0.15) is 0 Å². The summed E-state index contributed by atoms with van der Waals surface area (Å²) >= 11 is -1.77. The molecule has 6 heteroatoms. The number of para-hydroxylation sites is 2. The Morgan fingerprint density at radius 2 is 1.74 bits per heavy atom. The number of halogens is 2. The first-order chi connectivity index (χ1) is 16.1. The first kappa shape index (κ1) is 29.3. The van der Waals surface area contributed by atoms with Gasteiger partial charge in [0.1, 0.15) is 0 Å². The number of hydrogen-bond acceptors (Lipinski definition) is 3. The molecule has 0 aromatic heterocycles. The molecule has 34 heavy (non-hydrogen) atoms. The van der Waals surface area contributed by atoms with Crippen molar-refractivity contribution in [3.8, 4) is 11.5 Å². The summed E-state index contributed by atoms with van der Waals surface area (Å²) in [5.41, 5.74) is 3.73. The van der Waals surface area contributed by atoms with Gasteiger partial charge in [0.25, 0.3) is 0 Å². The van der Waals surface area contributed by atoms with Gasteiger partial charge in [0.05, 0.1) is 5.75 Å². The summed E-state index contributed by atoms with van der Waals surface area (Å²) in [5, 5.41) is 0. The van der Waals surface area contributed by atoms with Gasteiger partial charge in [0.2, 0.25) is 0 Å². The summed E-state index contributed by atoms with van der Waals surface area (Å²) in [6.45, 7) is 17.2. The van der Waals surface area contributed by atoms with Crippen molar-refractivity contribution in [3.63, 3.8) is 0 Å². The first-order valence-electron chi connectivity index (χ1n) is 12.1. The number of nitrogens with zero attached hydrogens (tertiary/aromatic N) is 1. The zero-order valence-corrected chi connectivity index (χ0v) is 24.6. The molecule has 0 saturated carbocycles. The van der Waals surface area contributed by atoms with E-state index in [2.05, 4.69) is 50.8 Å². The molecule has 2 aromatic carbocycles. The molecule has 1 aliphatic rings. The summed E-state index contributed by atoms with van der Waals surface area (Å²) in [4.78, 5) is 2.29. The smallest absolute Gasteiger partial charge is 0.0928 e. The zero-order valence-electron chi connectivity index (χ0n) is 21.4. The van der Waals surface area contributed by atoms with Crippen LogP contribution in [0.1, 0.15) is 77.5 Å². The number of rotatable bonds is 8. The average molecular weight is 595 g/mol. The summed E-state index contributed by atoms with van der Waals surface area (Å²) in [6, 6.07) is 14.3. The molecule has 1 saturated heterocycles. The summed E-state index contributed by atoms with van der Waals surface area (Å²) < 4.78 is 13.6. The number of benzene rings is 2. The SMILES string of the molecule is CC(C)Oc1ccccc1[CH]=[Ru]([Cl])[Cl].CCCc1cccc(C(C)(C)C)c1O[CH-]N1CCCC1. The monoisotopic (exact) mass is 594 g/mol. The molecule has 1 aliphatic heterocycles. The topological polar surface area (TPSA) is 21.7 Å². The third kappa shape index (κ3) is 9.98. The van der Waals surface area contributed by atoms with Gasteiger partial charge in [-0.25, -0.2) is 0 Å². The van der Waals surface area contributed by atoms with E-state index in [0.29, 0.717) is 0 Å². The van der Waals surface area contributed by atoms with Crippen molar-refractivity contribution in [2.75, 3.05) is 13.1 Å². The third-order valence-corrected chi connectivity index (χ3v) is 7.19. The second-order valence-corrected chi connectivity index (χ2v) is 15.5. The van der Waals surface area contributed by atoms with Gasteiger partial charge in [0.15, 0.2) is 0 Å². The van der Waals surface area contributed by atoms with E-state index in [1.54, 1.807) is 0 Å². The quantitative estimate of drug-likeness (QED) is 0.228. The summed E-state index contributed by atoms with van der Waals surface area (Å²) in [5.74, 6) is 1.93. The minimum Gasteiger partial charge on any atom is -0.647 e. The van der Waals surface area contributed by atoms with Gasteiger partial charge in [-0.05, 0) is 48.9 Å². The largest absolute Gasteiger partial charge is 0.647 e. The molecule has 3 rings (SSSR count). The maximum absolute atomic E-state index is 6.13. The molecule has 0 amide bonds. The minimum absolute atomic E-state index is 0.109. The molecule has 0 N–H and O–H groups in total. The van der Waals surface area contributed by atoms with Crippen LogP contribution in [0.5, 0.6) is 11.5 Å². The Morgan fingerprint density at radius 1 is 1.06 bits per heavy atom. The number of ether oxygens (including phenoxy) is 2. The third-order valence-electron chi connectivity index (χ3n) is 5.35. The van der Waals surface area contributed by atoms with Crippen LogP contribution in [0.15, 0.2) is 42.5 Å². The van der Waals surface area contributed by atoms with E-state index in [0.717, 1.165) is 43.0 Å². The van der Waals surface area contributed by atoms with Crippen molar-refractivity contribution in [2.24, 2.45) is 0 Å². The van der Waals surface area contributed by atoms with E-state index in [9.17, 15) is 0 Å². The van der Waals surface area contributed by atoms with E-state index < -0.39 is 13.5 Å². The Balaban J connectivity index is 0.000000257. The predicted molar refractivity (Wildman–Crippen MR) is 144 cm³/mol. The molecular formula is C28H40Cl2NO2Ru-. The molecular weight excluding hydrogens is 554 g/mol. The Labute approximate surface area is 220 Å². The second-order valence-electron chi connectivity index (χ2n) is 9.77. The molecule has 0 aliphatic carbocycles. The van der Waals surface area contributed by atoms with E-state index in [1.165, 1.54) is 24.0 Å². The van der Waals surface area contributed by atoms with Crippen molar-refractivity contribution >= 4 is 24.0 Å². The van der Waals surface area contributed by atoms with Crippen LogP contribution < -0.4 is 9.47 Å². The number of aryl methyl sites for hydroxylation is 1. The molecule has 1 fully saturated rings. The van der Waals surface area contributed by atoms with Gasteiger partial charge in [-0.15, -0.1) is 0 Å². The van der Waals surface area contributed by atoms with Crippen LogP contribution in [0, 0.1) is 6.73 Å². The fraction of sp³-hybridized carbons (Fsp3) is 0.500. The normalized spacial score (nSPS) is 14.4. The van der Waals surface area contributed by atoms with Gasteiger partial charge in [0, 0.05) is 0 Å². The molecule has 0 radical (unpaired) electrons. The average Bonchev–Trinajstić information content (AvgIpc) is 3.27. The Kier molecular flexibility index (Phi) is 12.6. The molecule has 3 nitrogen and oxygen atoms in total.